The van der Waals surface area contributed by atoms with Crippen molar-refractivity contribution in [2.45, 2.75) is 24.3 Å². The molecular weight excluding hydrogens is 322 g/mol. The van der Waals surface area contributed by atoms with Crippen LogP contribution in [0, 0.1) is 0 Å². The molecule has 128 valence electrons. The Bertz CT molecular complexity index is 616. The van der Waals surface area contributed by atoms with E-state index in [-0.39, 0.29) is 5.91 Å². The number of nitrogens with one attached hydrogen (secondary N) is 1. The molecule has 1 N–H and O–H groups in total. The molecule has 0 saturated heterocycles. The molecule has 0 aliphatic heterocycles. The number of hydrogen-bond acceptors (Lipinski definition) is 4. The molecule has 2 aromatic carbocycles. The minimum absolute atomic E-state index is 0.0815. The first-order chi connectivity index (χ1) is 11.7. The summed E-state index contributed by atoms with van der Waals surface area (Å²) in [5.41, 5.74) is 0. The third-order valence-electron chi connectivity index (χ3n) is 3.41. The SMILES string of the molecule is CC[C@@H](Oc1ccc(OC)cc1)C(=O)NCCSc1ccccc1. The molecule has 0 bridgehead atoms. The first-order valence-electron chi connectivity index (χ1n) is 7.99. The van der Waals surface area contributed by atoms with Gasteiger partial charge in [-0.1, -0.05) is 25.1 Å². The highest BCUT2D eigenvalue weighted by Gasteiger charge is 2.17. The molecule has 0 fully saturated rings. The number of carbonyl (C=O) groups excluding carboxylic acids is 1. The lowest BCUT2D eigenvalue weighted by molar-refractivity contribution is -0.127. The summed E-state index contributed by atoms with van der Waals surface area (Å²) in [5, 5.41) is 2.94. The minimum atomic E-state index is -0.486. The largest absolute Gasteiger partial charge is 0.497 e. The minimum Gasteiger partial charge on any atom is -0.497 e. The average molecular weight is 345 g/mol. The molecule has 0 unspecified atom stereocenters. The van der Waals surface area contributed by atoms with Crippen LogP contribution in [-0.4, -0.2) is 31.4 Å². The lowest BCUT2D eigenvalue weighted by atomic mass is 10.2. The quantitative estimate of drug-likeness (QED) is 0.555. The van der Waals surface area contributed by atoms with Gasteiger partial charge in [0.1, 0.15) is 11.5 Å². The van der Waals surface area contributed by atoms with E-state index in [0.717, 1.165) is 11.5 Å². The molecule has 2 aromatic rings. The molecule has 2 rings (SSSR count). The van der Waals surface area contributed by atoms with Gasteiger partial charge in [-0.3, -0.25) is 4.79 Å². The van der Waals surface area contributed by atoms with Gasteiger partial charge in [-0.2, -0.15) is 0 Å². The molecule has 0 saturated carbocycles. The van der Waals surface area contributed by atoms with E-state index in [1.54, 1.807) is 31.0 Å². The number of methoxy groups -OCH3 is 1. The van der Waals surface area contributed by atoms with Crippen molar-refractivity contribution >= 4 is 17.7 Å². The zero-order chi connectivity index (χ0) is 17.2. The molecule has 0 heterocycles. The van der Waals surface area contributed by atoms with Gasteiger partial charge >= 0.3 is 0 Å². The Morgan fingerprint density at radius 2 is 1.75 bits per heavy atom. The second-order valence-corrected chi connectivity index (χ2v) is 6.31. The Labute approximate surface area is 147 Å². The maximum Gasteiger partial charge on any atom is 0.261 e. The van der Waals surface area contributed by atoms with Crippen molar-refractivity contribution in [3.63, 3.8) is 0 Å². The van der Waals surface area contributed by atoms with Crippen LogP contribution in [-0.2, 0) is 4.79 Å². The maximum absolute atomic E-state index is 12.2. The van der Waals surface area contributed by atoms with E-state index in [1.807, 2.05) is 37.3 Å². The summed E-state index contributed by atoms with van der Waals surface area (Å²) in [6.45, 7) is 2.55. The van der Waals surface area contributed by atoms with E-state index >= 15 is 0 Å². The summed E-state index contributed by atoms with van der Waals surface area (Å²) in [5.74, 6) is 2.17. The van der Waals surface area contributed by atoms with Crippen LogP contribution >= 0.6 is 11.8 Å². The summed E-state index contributed by atoms with van der Waals surface area (Å²) >= 11 is 1.72. The van der Waals surface area contributed by atoms with Crippen LogP contribution in [0.1, 0.15) is 13.3 Å². The number of amides is 1. The normalized spacial score (nSPS) is 11.6. The van der Waals surface area contributed by atoms with Gasteiger partial charge < -0.3 is 14.8 Å². The van der Waals surface area contributed by atoms with Crippen molar-refractivity contribution < 1.29 is 14.3 Å². The van der Waals surface area contributed by atoms with E-state index in [1.165, 1.54) is 4.90 Å². The molecule has 1 atom stereocenters. The Balaban J connectivity index is 1.76. The van der Waals surface area contributed by atoms with Crippen molar-refractivity contribution in [1.29, 1.82) is 0 Å². The van der Waals surface area contributed by atoms with Gasteiger partial charge in [0.05, 0.1) is 7.11 Å². The highest BCUT2D eigenvalue weighted by atomic mass is 32.2. The topological polar surface area (TPSA) is 47.6 Å². The highest BCUT2D eigenvalue weighted by Crippen LogP contribution is 2.19. The van der Waals surface area contributed by atoms with E-state index in [0.29, 0.717) is 18.7 Å². The third kappa shape index (κ3) is 5.81. The maximum atomic E-state index is 12.2. The molecule has 24 heavy (non-hydrogen) atoms. The van der Waals surface area contributed by atoms with Crippen molar-refractivity contribution in [3.05, 3.63) is 54.6 Å². The van der Waals surface area contributed by atoms with Crippen LogP contribution in [0.15, 0.2) is 59.5 Å². The number of benzene rings is 2. The van der Waals surface area contributed by atoms with E-state index < -0.39 is 6.10 Å². The number of ether oxygens (including phenoxy) is 2. The van der Waals surface area contributed by atoms with Crippen LogP contribution in [0.5, 0.6) is 11.5 Å². The summed E-state index contributed by atoms with van der Waals surface area (Å²) in [7, 11) is 1.62. The van der Waals surface area contributed by atoms with Crippen molar-refractivity contribution in [2.75, 3.05) is 19.4 Å². The van der Waals surface area contributed by atoms with Crippen molar-refractivity contribution in [2.24, 2.45) is 0 Å². The Kier molecular flexibility index (Phi) is 7.49. The van der Waals surface area contributed by atoms with Gasteiger partial charge in [-0.25, -0.2) is 0 Å². The Morgan fingerprint density at radius 1 is 1.08 bits per heavy atom. The molecule has 0 spiro atoms. The predicted octanol–water partition coefficient (Wildman–Crippen LogP) is 3.76. The van der Waals surface area contributed by atoms with Crippen molar-refractivity contribution in [3.8, 4) is 11.5 Å². The fourth-order valence-electron chi connectivity index (χ4n) is 2.11. The molecular formula is C19H23NO3S. The van der Waals surface area contributed by atoms with E-state index in [4.69, 9.17) is 9.47 Å². The molecule has 0 radical (unpaired) electrons. The summed E-state index contributed by atoms with van der Waals surface area (Å²) < 4.78 is 10.9. The number of carbonyl (C=O) groups is 1. The zero-order valence-corrected chi connectivity index (χ0v) is 14.8. The van der Waals surface area contributed by atoms with Crippen LogP contribution in [0.2, 0.25) is 0 Å². The molecule has 5 heteroatoms. The standard InChI is InChI=1S/C19H23NO3S/c1-3-18(23-16-11-9-15(22-2)10-12-16)19(21)20-13-14-24-17-7-5-4-6-8-17/h4-12,18H,3,13-14H2,1-2H3,(H,20,21)/t18-/m1/s1. The van der Waals surface area contributed by atoms with Gasteiger partial charge in [-0.15, -0.1) is 11.8 Å². The van der Waals surface area contributed by atoms with Crippen molar-refractivity contribution in [1.82, 2.24) is 5.32 Å². The number of thioether (sulfide) groups is 1. The van der Waals surface area contributed by atoms with E-state index in [2.05, 4.69) is 17.4 Å². The Morgan fingerprint density at radius 3 is 2.38 bits per heavy atom. The molecule has 0 aromatic heterocycles. The molecule has 0 aliphatic carbocycles. The lowest BCUT2D eigenvalue weighted by Gasteiger charge is -2.17. The van der Waals surface area contributed by atoms with Gasteiger partial charge in [0.25, 0.3) is 5.91 Å². The smallest absolute Gasteiger partial charge is 0.261 e. The third-order valence-corrected chi connectivity index (χ3v) is 4.43. The lowest BCUT2D eigenvalue weighted by Crippen LogP contribution is -2.39. The van der Waals surface area contributed by atoms with Gasteiger partial charge in [-0.05, 0) is 42.8 Å². The number of rotatable bonds is 9. The van der Waals surface area contributed by atoms with Crippen LogP contribution in [0.25, 0.3) is 0 Å². The molecule has 0 aliphatic rings. The fourth-order valence-corrected chi connectivity index (χ4v) is 2.90. The van der Waals surface area contributed by atoms with Gasteiger partial charge in [0.2, 0.25) is 0 Å². The number of hydrogen-bond donors (Lipinski definition) is 1. The Hall–Kier alpha value is -2.14. The average Bonchev–Trinajstić information content (AvgIpc) is 2.64. The molecule has 4 nitrogen and oxygen atoms in total. The first-order valence-corrected chi connectivity index (χ1v) is 8.97. The second-order valence-electron chi connectivity index (χ2n) is 5.14. The van der Waals surface area contributed by atoms with Crippen LogP contribution < -0.4 is 14.8 Å². The zero-order valence-electron chi connectivity index (χ0n) is 14.0. The monoisotopic (exact) mass is 345 g/mol. The van der Waals surface area contributed by atoms with Gasteiger partial charge in [0, 0.05) is 17.2 Å². The van der Waals surface area contributed by atoms with E-state index in [9.17, 15) is 4.79 Å². The summed E-state index contributed by atoms with van der Waals surface area (Å²) in [6.07, 6.45) is 0.129. The van der Waals surface area contributed by atoms with Gasteiger partial charge in [0.15, 0.2) is 6.10 Å². The van der Waals surface area contributed by atoms with Crippen LogP contribution in [0.3, 0.4) is 0 Å². The summed E-state index contributed by atoms with van der Waals surface area (Å²) in [6, 6.07) is 17.4. The molecule has 1 amide bonds. The fraction of sp³-hybridized carbons (Fsp3) is 0.316. The second kappa shape index (κ2) is 9.88. The summed E-state index contributed by atoms with van der Waals surface area (Å²) in [4.78, 5) is 13.4. The first kappa shape index (κ1) is 18.2. The van der Waals surface area contributed by atoms with Crippen LogP contribution in [0.4, 0.5) is 0 Å². The predicted molar refractivity (Wildman–Crippen MR) is 97.9 cm³/mol. The highest BCUT2D eigenvalue weighted by molar-refractivity contribution is 7.99.